The number of aliphatic carboxylic acids is 1. The van der Waals surface area contributed by atoms with Crippen molar-refractivity contribution < 1.29 is 14.7 Å². The lowest BCUT2D eigenvalue weighted by Crippen LogP contribution is -2.59. The summed E-state index contributed by atoms with van der Waals surface area (Å²) in [5, 5.41) is 12.3. The van der Waals surface area contributed by atoms with Crippen molar-refractivity contribution in [3.63, 3.8) is 0 Å². The minimum Gasteiger partial charge on any atom is -0.479 e. The van der Waals surface area contributed by atoms with Gasteiger partial charge in [0.15, 0.2) is 0 Å². The Hall–Kier alpha value is -1.06. The molecule has 4 nitrogen and oxygen atoms in total. The van der Waals surface area contributed by atoms with Crippen LogP contribution in [0.5, 0.6) is 0 Å². The number of unbranched alkanes of at least 4 members (excludes halogenated alkanes) is 2. The number of hydrogen-bond donors (Lipinski definition) is 2. The van der Waals surface area contributed by atoms with Crippen LogP contribution in [0.4, 0.5) is 0 Å². The number of carboxylic acids is 1. The van der Waals surface area contributed by atoms with Crippen LogP contribution in [0, 0.1) is 5.92 Å². The van der Waals surface area contributed by atoms with Crippen LogP contribution in [0.2, 0.25) is 0 Å². The summed E-state index contributed by atoms with van der Waals surface area (Å²) in [5.41, 5.74) is -1.03. The highest BCUT2D eigenvalue weighted by Crippen LogP contribution is 2.34. The molecule has 1 aliphatic rings. The van der Waals surface area contributed by atoms with Gasteiger partial charge < -0.3 is 10.4 Å². The fraction of sp³-hybridized carbons (Fsp3) is 0.857. The van der Waals surface area contributed by atoms with Crippen molar-refractivity contribution in [2.75, 3.05) is 0 Å². The van der Waals surface area contributed by atoms with E-state index >= 15 is 0 Å². The first kappa shape index (κ1) is 15.0. The Labute approximate surface area is 109 Å². The molecule has 0 aromatic carbocycles. The molecular weight excluding hydrogens is 230 g/mol. The highest BCUT2D eigenvalue weighted by atomic mass is 16.4. The van der Waals surface area contributed by atoms with Crippen LogP contribution >= 0.6 is 0 Å². The maximum absolute atomic E-state index is 11.9. The van der Waals surface area contributed by atoms with Gasteiger partial charge in [-0.2, -0.15) is 0 Å². The van der Waals surface area contributed by atoms with Gasteiger partial charge in [0, 0.05) is 6.42 Å². The van der Waals surface area contributed by atoms with Gasteiger partial charge in [-0.15, -0.1) is 0 Å². The molecule has 4 heteroatoms. The summed E-state index contributed by atoms with van der Waals surface area (Å²) < 4.78 is 0. The standard InChI is InChI=1S/C14H25NO3/c1-3-4-5-9-12(16)15-14(13(17)18)10-7-6-8-11(14)2/h11H,3-10H2,1-2H3,(H,15,16)(H,17,18). The summed E-state index contributed by atoms with van der Waals surface area (Å²) in [6, 6.07) is 0. The van der Waals surface area contributed by atoms with E-state index in [2.05, 4.69) is 12.2 Å². The van der Waals surface area contributed by atoms with Crippen molar-refractivity contribution in [3.8, 4) is 0 Å². The van der Waals surface area contributed by atoms with Crippen LogP contribution in [-0.4, -0.2) is 22.5 Å². The molecule has 18 heavy (non-hydrogen) atoms. The molecule has 0 aliphatic heterocycles. The van der Waals surface area contributed by atoms with Crippen LogP contribution in [0.15, 0.2) is 0 Å². The molecule has 0 aromatic heterocycles. The van der Waals surface area contributed by atoms with Gasteiger partial charge >= 0.3 is 5.97 Å². The van der Waals surface area contributed by atoms with Gasteiger partial charge in [-0.05, 0) is 25.2 Å². The number of nitrogens with one attached hydrogen (secondary N) is 1. The summed E-state index contributed by atoms with van der Waals surface area (Å²) in [7, 11) is 0. The molecule has 1 rings (SSSR count). The first-order chi connectivity index (χ1) is 8.53. The fourth-order valence-electron chi connectivity index (χ4n) is 2.75. The second-order valence-electron chi connectivity index (χ2n) is 5.43. The third-order valence-corrected chi connectivity index (χ3v) is 4.05. The molecule has 104 valence electrons. The van der Waals surface area contributed by atoms with Gasteiger partial charge in [0.25, 0.3) is 0 Å². The lowest BCUT2D eigenvalue weighted by Gasteiger charge is -2.39. The van der Waals surface area contributed by atoms with Crippen molar-refractivity contribution in [2.24, 2.45) is 5.92 Å². The quantitative estimate of drug-likeness (QED) is 0.717. The molecule has 1 saturated carbocycles. The summed E-state index contributed by atoms with van der Waals surface area (Å²) in [6.45, 7) is 4.01. The normalized spacial score (nSPS) is 27.8. The number of amides is 1. The van der Waals surface area contributed by atoms with Crippen molar-refractivity contribution in [2.45, 2.75) is 70.8 Å². The number of carbonyl (C=O) groups is 2. The van der Waals surface area contributed by atoms with E-state index in [0.29, 0.717) is 12.8 Å². The maximum atomic E-state index is 11.9. The number of rotatable bonds is 6. The first-order valence-electron chi connectivity index (χ1n) is 7.07. The molecule has 2 N–H and O–H groups in total. The highest BCUT2D eigenvalue weighted by Gasteiger charge is 2.46. The lowest BCUT2D eigenvalue weighted by atomic mass is 9.73. The highest BCUT2D eigenvalue weighted by molar-refractivity contribution is 5.87. The minimum absolute atomic E-state index is 0.0128. The molecule has 1 fully saturated rings. The van der Waals surface area contributed by atoms with Crippen molar-refractivity contribution in [3.05, 3.63) is 0 Å². The molecule has 0 radical (unpaired) electrons. The second-order valence-corrected chi connectivity index (χ2v) is 5.43. The van der Waals surface area contributed by atoms with E-state index in [4.69, 9.17) is 0 Å². The van der Waals surface area contributed by atoms with Crippen LogP contribution in [0.1, 0.15) is 65.2 Å². The monoisotopic (exact) mass is 255 g/mol. The van der Waals surface area contributed by atoms with Crippen LogP contribution in [0.25, 0.3) is 0 Å². The van der Waals surface area contributed by atoms with Crippen LogP contribution in [0.3, 0.4) is 0 Å². The minimum atomic E-state index is -1.03. The largest absolute Gasteiger partial charge is 0.479 e. The van der Waals surface area contributed by atoms with Crippen LogP contribution < -0.4 is 5.32 Å². The summed E-state index contributed by atoms with van der Waals surface area (Å²) in [5.74, 6) is -0.975. The number of hydrogen-bond acceptors (Lipinski definition) is 2. The molecule has 0 aromatic rings. The zero-order valence-corrected chi connectivity index (χ0v) is 11.5. The van der Waals surface area contributed by atoms with E-state index in [-0.39, 0.29) is 11.8 Å². The molecule has 0 heterocycles. The maximum Gasteiger partial charge on any atom is 0.329 e. The van der Waals surface area contributed by atoms with Gasteiger partial charge in [-0.3, -0.25) is 4.79 Å². The van der Waals surface area contributed by atoms with Gasteiger partial charge in [0.2, 0.25) is 5.91 Å². The van der Waals surface area contributed by atoms with E-state index < -0.39 is 11.5 Å². The van der Waals surface area contributed by atoms with E-state index in [1.54, 1.807) is 0 Å². The van der Waals surface area contributed by atoms with E-state index in [1.165, 1.54) is 0 Å². The molecule has 0 saturated heterocycles. The fourth-order valence-corrected chi connectivity index (χ4v) is 2.75. The predicted molar refractivity (Wildman–Crippen MR) is 70.3 cm³/mol. The van der Waals surface area contributed by atoms with Crippen molar-refractivity contribution >= 4 is 11.9 Å². The Morgan fingerprint density at radius 1 is 1.33 bits per heavy atom. The molecule has 1 aliphatic carbocycles. The third kappa shape index (κ3) is 3.47. The number of carbonyl (C=O) groups excluding carboxylic acids is 1. The molecule has 1 amide bonds. The van der Waals surface area contributed by atoms with E-state index in [9.17, 15) is 14.7 Å². The smallest absolute Gasteiger partial charge is 0.329 e. The zero-order valence-electron chi connectivity index (χ0n) is 11.5. The Morgan fingerprint density at radius 2 is 2.06 bits per heavy atom. The van der Waals surface area contributed by atoms with Crippen molar-refractivity contribution in [1.29, 1.82) is 0 Å². The Kier molecular flexibility index (Phi) is 5.63. The third-order valence-electron chi connectivity index (χ3n) is 4.05. The van der Waals surface area contributed by atoms with Crippen molar-refractivity contribution in [1.82, 2.24) is 5.32 Å². The van der Waals surface area contributed by atoms with E-state index in [0.717, 1.165) is 38.5 Å². The van der Waals surface area contributed by atoms with Gasteiger partial charge in [-0.25, -0.2) is 4.79 Å². The SMILES string of the molecule is CCCCCC(=O)NC1(C(=O)O)CCCCC1C. The Balaban J connectivity index is 2.62. The molecule has 2 unspecified atom stereocenters. The molecule has 0 bridgehead atoms. The Morgan fingerprint density at radius 3 is 2.61 bits per heavy atom. The van der Waals surface area contributed by atoms with Gasteiger partial charge in [0.1, 0.15) is 5.54 Å². The van der Waals surface area contributed by atoms with Gasteiger partial charge in [-0.1, -0.05) is 39.5 Å². The lowest BCUT2D eigenvalue weighted by molar-refractivity contribution is -0.152. The summed E-state index contributed by atoms with van der Waals surface area (Å²) in [6.07, 6.45) is 6.73. The average Bonchev–Trinajstić information content (AvgIpc) is 2.32. The average molecular weight is 255 g/mol. The second kappa shape index (κ2) is 6.76. The Bertz CT molecular complexity index is 303. The molecular formula is C14H25NO3. The topological polar surface area (TPSA) is 66.4 Å². The number of carboxylic acid groups (broad SMARTS) is 1. The molecule has 2 atom stereocenters. The summed E-state index contributed by atoms with van der Waals surface area (Å²) in [4.78, 5) is 23.4. The predicted octanol–water partition coefficient (Wildman–Crippen LogP) is 2.72. The molecule has 0 spiro atoms. The summed E-state index contributed by atoms with van der Waals surface area (Å²) >= 11 is 0. The first-order valence-corrected chi connectivity index (χ1v) is 7.07. The van der Waals surface area contributed by atoms with Gasteiger partial charge in [0.05, 0.1) is 0 Å². The van der Waals surface area contributed by atoms with Crippen LogP contribution in [-0.2, 0) is 9.59 Å². The van der Waals surface area contributed by atoms with E-state index in [1.807, 2.05) is 6.92 Å². The zero-order chi connectivity index (χ0) is 13.6.